The predicted molar refractivity (Wildman–Crippen MR) is 106 cm³/mol. The molecule has 0 bridgehead atoms. The SMILES string of the molecule is CCC(=O)N(CC[C@@]1(C(C)C)CCOC(C)(C)C1)[C@H](C)c1cccs1. The summed E-state index contributed by atoms with van der Waals surface area (Å²) in [6.07, 6.45) is 3.78. The van der Waals surface area contributed by atoms with Crippen LogP contribution in [0.4, 0.5) is 0 Å². The van der Waals surface area contributed by atoms with Crippen molar-refractivity contribution in [2.75, 3.05) is 13.2 Å². The summed E-state index contributed by atoms with van der Waals surface area (Å²) in [5, 5.41) is 2.09. The standard InChI is InChI=1S/C21H35NO2S/c1-7-19(23)22(17(4)18-9-8-14-25-18)12-10-21(16(2)3)11-13-24-20(5,6)15-21/h8-9,14,16-17H,7,10-13,15H2,1-6H3/t17-,21-/m1/s1. The van der Waals surface area contributed by atoms with Gasteiger partial charge >= 0.3 is 0 Å². The van der Waals surface area contributed by atoms with Crippen LogP contribution in [0, 0.1) is 11.3 Å². The molecular formula is C21H35NO2S. The third-order valence-electron chi connectivity index (χ3n) is 5.99. The zero-order valence-corrected chi connectivity index (χ0v) is 17.6. The summed E-state index contributed by atoms with van der Waals surface area (Å²) in [4.78, 5) is 16.0. The van der Waals surface area contributed by atoms with Gasteiger partial charge in [0, 0.05) is 24.4 Å². The highest BCUT2D eigenvalue weighted by atomic mass is 32.1. The lowest BCUT2D eigenvalue weighted by molar-refractivity contribution is -0.137. The van der Waals surface area contributed by atoms with Gasteiger partial charge in [-0.2, -0.15) is 0 Å². The lowest BCUT2D eigenvalue weighted by Crippen LogP contribution is -2.46. The molecule has 0 radical (unpaired) electrons. The summed E-state index contributed by atoms with van der Waals surface area (Å²) in [6, 6.07) is 4.37. The lowest BCUT2D eigenvalue weighted by atomic mass is 9.65. The third-order valence-corrected chi connectivity index (χ3v) is 7.03. The number of ether oxygens (including phenoxy) is 1. The number of thiophene rings is 1. The van der Waals surface area contributed by atoms with E-state index in [-0.39, 0.29) is 23.0 Å². The number of hydrogen-bond donors (Lipinski definition) is 0. The van der Waals surface area contributed by atoms with E-state index in [4.69, 9.17) is 4.74 Å². The van der Waals surface area contributed by atoms with Crippen molar-refractivity contribution in [2.24, 2.45) is 11.3 Å². The molecule has 25 heavy (non-hydrogen) atoms. The van der Waals surface area contributed by atoms with Gasteiger partial charge in [-0.25, -0.2) is 0 Å². The van der Waals surface area contributed by atoms with Gasteiger partial charge < -0.3 is 9.64 Å². The Hall–Kier alpha value is -0.870. The first-order valence-electron chi connectivity index (χ1n) is 9.67. The Kier molecular flexibility index (Phi) is 6.72. The van der Waals surface area contributed by atoms with Gasteiger partial charge in [0.05, 0.1) is 11.6 Å². The highest BCUT2D eigenvalue weighted by Gasteiger charge is 2.43. The number of carbonyl (C=O) groups excluding carboxylic acids is 1. The molecule has 142 valence electrons. The molecule has 1 saturated heterocycles. The van der Waals surface area contributed by atoms with Crippen LogP contribution in [0.2, 0.25) is 0 Å². The molecule has 0 spiro atoms. The van der Waals surface area contributed by atoms with Gasteiger partial charge in [0.1, 0.15) is 0 Å². The van der Waals surface area contributed by atoms with Crippen LogP contribution in [0.5, 0.6) is 0 Å². The third kappa shape index (κ3) is 4.85. The zero-order chi connectivity index (χ0) is 18.7. The first kappa shape index (κ1) is 20.4. The molecular weight excluding hydrogens is 330 g/mol. The van der Waals surface area contributed by atoms with Crippen molar-refractivity contribution in [3.8, 4) is 0 Å². The van der Waals surface area contributed by atoms with Gasteiger partial charge in [-0.1, -0.05) is 26.8 Å². The molecule has 1 fully saturated rings. The van der Waals surface area contributed by atoms with Gasteiger partial charge in [0.2, 0.25) is 5.91 Å². The molecule has 0 aliphatic carbocycles. The van der Waals surface area contributed by atoms with E-state index < -0.39 is 0 Å². The van der Waals surface area contributed by atoms with Gasteiger partial charge in [0.15, 0.2) is 0 Å². The smallest absolute Gasteiger partial charge is 0.222 e. The first-order chi connectivity index (χ1) is 11.7. The van der Waals surface area contributed by atoms with E-state index in [1.807, 2.05) is 6.92 Å². The van der Waals surface area contributed by atoms with Crippen molar-refractivity contribution < 1.29 is 9.53 Å². The maximum atomic E-state index is 12.6. The fourth-order valence-electron chi connectivity index (χ4n) is 4.28. The fraction of sp³-hybridized carbons (Fsp3) is 0.762. The zero-order valence-electron chi connectivity index (χ0n) is 16.8. The predicted octanol–water partition coefficient (Wildman–Crippen LogP) is 5.67. The molecule has 0 saturated carbocycles. The lowest BCUT2D eigenvalue weighted by Gasteiger charge is -2.48. The van der Waals surface area contributed by atoms with Crippen LogP contribution >= 0.6 is 11.3 Å². The van der Waals surface area contributed by atoms with Crippen LogP contribution in [0.25, 0.3) is 0 Å². The summed E-state index contributed by atoms with van der Waals surface area (Å²) in [5.41, 5.74) is 0.185. The maximum Gasteiger partial charge on any atom is 0.222 e. The van der Waals surface area contributed by atoms with E-state index in [0.29, 0.717) is 12.3 Å². The van der Waals surface area contributed by atoms with Gasteiger partial charge in [-0.05, 0) is 62.8 Å². The summed E-state index contributed by atoms with van der Waals surface area (Å²) in [7, 11) is 0. The van der Waals surface area contributed by atoms with Gasteiger partial charge in [0.25, 0.3) is 0 Å². The molecule has 1 aliphatic rings. The van der Waals surface area contributed by atoms with Crippen molar-refractivity contribution in [2.45, 2.75) is 78.9 Å². The Labute approximate surface area is 157 Å². The van der Waals surface area contributed by atoms with E-state index in [9.17, 15) is 4.79 Å². The van der Waals surface area contributed by atoms with Crippen LogP contribution in [-0.4, -0.2) is 29.6 Å². The summed E-state index contributed by atoms with van der Waals surface area (Å²) in [6.45, 7) is 14.8. The normalized spacial score (nSPS) is 24.3. The highest BCUT2D eigenvalue weighted by Crippen LogP contribution is 2.47. The molecule has 0 N–H and O–H groups in total. The Morgan fingerprint density at radius 2 is 2.08 bits per heavy atom. The number of hydrogen-bond acceptors (Lipinski definition) is 3. The minimum Gasteiger partial charge on any atom is -0.376 e. The molecule has 4 heteroatoms. The molecule has 1 amide bonds. The molecule has 3 nitrogen and oxygen atoms in total. The van der Waals surface area contributed by atoms with Crippen LogP contribution in [0.1, 0.15) is 78.1 Å². The van der Waals surface area contributed by atoms with Gasteiger partial charge in [-0.15, -0.1) is 11.3 Å². The summed E-state index contributed by atoms with van der Waals surface area (Å²) in [5.74, 6) is 0.845. The van der Waals surface area contributed by atoms with Crippen LogP contribution in [0.15, 0.2) is 17.5 Å². The minimum atomic E-state index is -0.0680. The Morgan fingerprint density at radius 1 is 1.36 bits per heavy atom. The molecule has 2 rings (SSSR count). The first-order valence-corrected chi connectivity index (χ1v) is 10.6. The van der Waals surface area contributed by atoms with Crippen molar-refractivity contribution in [1.29, 1.82) is 0 Å². The van der Waals surface area contributed by atoms with E-state index in [0.717, 1.165) is 32.4 Å². The van der Waals surface area contributed by atoms with E-state index in [1.54, 1.807) is 11.3 Å². The minimum absolute atomic E-state index is 0.0680. The second-order valence-corrected chi connectivity index (χ2v) is 9.41. The quantitative estimate of drug-likeness (QED) is 0.623. The maximum absolute atomic E-state index is 12.6. The molecule has 2 heterocycles. The summed E-state index contributed by atoms with van der Waals surface area (Å²) < 4.78 is 5.97. The van der Waals surface area contributed by atoms with E-state index in [1.165, 1.54) is 4.88 Å². The average Bonchev–Trinajstić information content (AvgIpc) is 3.07. The van der Waals surface area contributed by atoms with Crippen LogP contribution < -0.4 is 0 Å². The molecule has 1 aromatic heterocycles. The van der Waals surface area contributed by atoms with Crippen molar-refractivity contribution >= 4 is 17.2 Å². The molecule has 0 aromatic carbocycles. The fourth-order valence-corrected chi connectivity index (χ4v) is 5.07. The van der Waals surface area contributed by atoms with Crippen LogP contribution in [0.3, 0.4) is 0 Å². The second-order valence-electron chi connectivity index (χ2n) is 8.43. The molecule has 1 aromatic rings. The largest absolute Gasteiger partial charge is 0.376 e. The average molecular weight is 366 g/mol. The Balaban J connectivity index is 2.16. The van der Waals surface area contributed by atoms with Crippen molar-refractivity contribution in [1.82, 2.24) is 4.90 Å². The summed E-state index contributed by atoms with van der Waals surface area (Å²) >= 11 is 1.74. The highest BCUT2D eigenvalue weighted by molar-refractivity contribution is 7.10. The monoisotopic (exact) mass is 365 g/mol. The van der Waals surface area contributed by atoms with Crippen LogP contribution in [-0.2, 0) is 9.53 Å². The molecule has 2 atom stereocenters. The Morgan fingerprint density at radius 3 is 2.60 bits per heavy atom. The van der Waals surface area contributed by atoms with Gasteiger partial charge in [-0.3, -0.25) is 4.79 Å². The number of carbonyl (C=O) groups is 1. The van der Waals surface area contributed by atoms with E-state index >= 15 is 0 Å². The molecule has 1 aliphatic heterocycles. The number of nitrogens with zero attached hydrogens (tertiary/aromatic N) is 1. The number of rotatable bonds is 7. The molecule has 0 unspecified atom stereocenters. The van der Waals surface area contributed by atoms with E-state index in [2.05, 4.69) is 57.0 Å². The number of amides is 1. The topological polar surface area (TPSA) is 29.5 Å². The second kappa shape index (κ2) is 8.22. The van der Waals surface area contributed by atoms with Crippen molar-refractivity contribution in [3.05, 3.63) is 22.4 Å². The Bertz CT molecular complexity index is 552. The van der Waals surface area contributed by atoms with Crippen molar-refractivity contribution in [3.63, 3.8) is 0 Å².